The smallest absolute Gasteiger partial charge is 0.241 e. The molecule has 1 aromatic rings. The summed E-state index contributed by atoms with van der Waals surface area (Å²) in [7, 11) is -3.53. The van der Waals surface area contributed by atoms with Gasteiger partial charge < -0.3 is 0 Å². The Labute approximate surface area is 119 Å². The molecule has 1 N–H and O–H groups in total. The number of halogens is 1. The Bertz CT molecular complexity index is 558. The highest BCUT2D eigenvalue weighted by Crippen LogP contribution is 2.36. The molecular formula is C13H19ClN2O2S. The summed E-state index contributed by atoms with van der Waals surface area (Å²) in [4.78, 5) is 3.98. The molecule has 1 heterocycles. The first kappa shape index (κ1) is 14.8. The summed E-state index contributed by atoms with van der Waals surface area (Å²) in [6, 6.07) is 2.81. The zero-order chi connectivity index (χ0) is 14.1. The lowest BCUT2D eigenvalue weighted by molar-refractivity contribution is 0.188. The van der Waals surface area contributed by atoms with Crippen LogP contribution in [0.15, 0.2) is 23.2 Å². The van der Waals surface area contributed by atoms with Gasteiger partial charge in [0, 0.05) is 12.2 Å². The van der Waals surface area contributed by atoms with Gasteiger partial charge in [-0.05, 0) is 30.4 Å². The molecule has 0 aromatic carbocycles. The number of hydrogen-bond donors (Lipinski definition) is 1. The number of hydrogen-bond acceptors (Lipinski definition) is 3. The second-order valence-electron chi connectivity index (χ2n) is 5.72. The van der Waals surface area contributed by atoms with Crippen LogP contribution >= 0.6 is 11.6 Å². The summed E-state index contributed by atoms with van der Waals surface area (Å²) in [6.45, 7) is 4.22. The van der Waals surface area contributed by atoms with Gasteiger partial charge in [0.05, 0.1) is 4.90 Å². The molecule has 19 heavy (non-hydrogen) atoms. The van der Waals surface area contributed by atoms with Crippen molar-refractivity contribution >= 4 is 21.6 Å². The van der Waals surface area contributed by atoms with Crippen LogP contribution in [-0.2, 0) is 10.0 Å². The molecule has 0 amide bonds. The molecule has 1 aromatic heterocycles. The van der Waals surface area contributed by atoms with Crippen molar-refractivity contribution < 1.29 is 8.42 Å². The summed E-state index contributed by atoms with van der Waals surface area (Å²) >= 11 is 5.75. The first-order chi connectivity index (χ1) is 8.81. The van der Waals surface area contributed by atoms with Gasteiger partial charge in [-0.3, -0.25) is 0 Å². The number of aromatic nitrogens is 1. The minimum Gasteiger partial charge on any atom is -0.244 e. The second kappa shape index (κ2) is 5.38. The number of nitrogens with zero attached hydrogens (tertiary/aromatic N) is 1. The van der Waals surface area contributed by atoms with Gasteiger partial charge in [0.25, 0.3) is 0 Å². The van der Waals surface area contributed by atoms with Gasteiger partial charge in [0.2, 0.25) is 10.0 Å². The maximum atomic E-state index is 12.3. The van der Waals surface area contributed by atoms with Crippen LogP contribution in [0, 0.1) is 5.41 Å². The Morgan fingerprint density at radius 3 is 2.79 bits per heavy atom. The van der Waals surface area contributed by atoms with E-state index in [-0.39, 0.29) is 21.5 Å². The van der Waals surface area contributed by atoms with Crippen LogP contribution in [0.4, 0.5) is 0 Å². The molecule has 1 saturated carbocycles. The summed E-state index contributed by atoms with van der Waals surface area (Å²) < 4.78 is 27.5. The number of nitrogens with one attached hydrogen (secondary N) is 1. The van der Waals surface area contributed by atoms with E-state index in [1.54, 1.807) is 0 Å². The molecule has 0 radical (unpaired) electrons. The predicted molar refractivity (Wildman–Crippen MR) is 75.6 cm³/mol. The molecule has 1 atom stereocenters. The third kappa shape index (κ3) is 3.46. The van der Waals surface area contributed by atoms with Crippen LogP contribution in [0.2, 0.25) is 5.15 Å². The lowest BCUT2D eigenvalue weighted by atomic mass is 9.74. The molecule has 0 spiro atoms. The lowest BCUT2D eigenvalue weighted by Crippen LogP contribution is -2.46. The molecule has 0 aliphatic heterocycles. The molecule has 0 saturated heterocycles. The monoisotopic (exact) mass is 302 g/mol. The fraction of sp³-hybridized carbons (Fsp3) is 0.615. The first-order valence-electron chi connectivity index (χ1n) is 6.45. The van der Waals surface area contributed by atoms with Gasteiger partial charge in [0.1, 0.15) is 5.15 Å². The number of pyridine rings is 1. The fourth-order valence-corrected chi connectivity index (χ4v) is 4.21. The summed E-state index contributed by atoms with van der Waals surface area (Å²) in [5.41, 5.74) is -0.0118. The Hall–Kier alpha value is -0.650. The minimum absolute atomic E-state index is 0.0118. The molecule has 1 unspecified atom stereocenters. The van der Waals surface area contributed by atoms with Gasteiger partial charge in [-0.15, -0.1) is 0 Å². The molecule has 1 aliphatic rings. The SMILES string of the molecule is CC1(C)CCCCC1NS(=O)(=O)c1ccnc(Cl)c1. The van der Waals surface area contributed by atoms with Gasteiger partial charge in [-0.1, -0.05) is 38.3 Å². The van der Waals surface area contributed by atoms with Crippen LogP contribution in [0.1, 0.15) is 39.5 Å². The molecule has 1 fully saturated rings. The van der Waals surface area contributed by atoms with Crippen molar-refractivity contribution in [3.8, 4) is 0 Å². The average Bonchev–Trinajstić information content (AvgIpc) is 2.32. The van der Waals surface area contributed by atoms with E-state index in [1.807, 2.05) is 0 Å². The van der Waals surface area contributed by atoms with E-state index in [2.05, 4.69) is 23.6 Å². The van der Waals surface area contributed by atoms with Crippen LogP contribution < -0.4 is 4.72 Å². The molecule has 6 heteroatoms. The van der Waals surface area contributed by atoms with Crippen LogP contribution in [0.3, 0.4) is 0 Å². The standard InChI is InChI=1S/C13H19ClN2O2S/c1-13(2)7-4-3-5-11(13)16-19(17,18)10-6-8-15-12(14)9-10/h6,8-9,11,16H,3-5,7H2,1-2H3. The van der Waals surface area contributed by atoms with Crippen LogP contribution in [0.5, 0.6) is 0 Å². The molecule has 0 bridgehead atoms. The number of rotatable bonds is 3. The highest BCUT2D eigenvalue weighted by atomic mass is 35.5. The summed E-state index contributed by atoms with van der Waals surface area (Å²) in [5.74, 6) is 0. The highest BCUT2D eigenvalue weighted by molar-refractivity contribution is 7.89. The molecule has 4 nitrogen and oxygen atoms in total. The van der Waals surface area contributed by atoms with E-state index in [4.69, 9.17) is 11.6 Å². The fourth-order valence-electron chi connectivity index (χ4n) is 2.52. The zero-order valence-electron chi connectivity index (χ0n) is 11.2. The van der Waals surface area contributed by atoms with Crippen molar-refractivity contribution in [1.29, 1.82) is 0 Å². The normalized spacial score (nSPS) is 23.2. The predicted octanol–water partition coefficient (Wildman–Crippen LogP) is 2.98. The Kier molecular flexibility index (Phi) is 4.18. The van der Waals surface area contributed by atoms with Gasteiger partial charge in [-0.25, -0.2) is 18.1 Å². The van der Waals surface area contributed by atoms with E-state index < -0.39 is 10.0 Å². The number of sulfonamides is 1. The third-order valence-electron chi connectivity index (χ3n) is 3.81. The largest absolute Gasteiger partial charge is 0.244 e. The molecular weight excluding hydrogens is 284 g/mol. The average molecular weight is 303 g/mol. The lowest BCUT2D eigenvalue weighted by Gasteiger charge is -2.38. The summed E-state index contributed by atoms with van der Waals surface area (Å²) in [5, 5.41) is 0.186. The van der Waals surface area contributed by atoms with E-state index in [9.17, 15) is 8.42 Å². The maximum Gasteiger partial charge on any atom is 0.241 e. The van der Waals surface area contributed by atoms with Crippen molar-refractivity contribution in [2.24, 2.45) is 5.41 Å². The van der Waals surface area contributed by atoms with Crippen molar-refractivity contribution in [2.45, 2.75) is 50.5 Å². The second-order valence-corrected chi connectivity index (χ2v) is 7.82. The Morgan fingerprint density at radius 2 is 2.16 bits per heavy atom. The van der Waals surface area contributed by atoms with Crippen LogP contribution in [-0.4, -0.2) is 19.4 Å². The quantitative estimate of drug-likeness (QED) is 0.873. The van der Waals surface area contributed by atoms with E-state index in [0.29, 0.717) is 0 Å². The Morgan fingerprint density at radius 1 is 1.42 bits per heavy atom. The molecule has 2 rings (SSSR count). The molecule has 106 valence electrons. The third-order valence-corrected chi connectivity index (χ3v) is 5.49. The van der Waals surface area contributed by atoms with Gasteiger partial charge in [-0.2, -0.15) is 0 Å². The van der Waals surface area contributed by atoms with E-state index >= 15 is 0 Å². The van der Waals surface area contributed by atoms with Crippen molar-refractivity contribution in [2.75, 3.05) is 0 Å². The van der Waals surface area contributed by atoms with Crippen molar-refractivity contribution in [3.63, 3.8) is 0 Å². The first-order valence-corrected chi connectivity index (χ1v) is 8.31. The highest BCUT2D eigenvalue weighted by Gasteiger charge is 2.35. The van der Waals surface area contributed by atoms with Crippen LogP contribution in [0.25, 0.3) is 0 Å². The van der Waals surface area contributed by atoms with Gasteiger partial charge in [0.15, 0.2) is 0 Å². The maximum absolute atomic E-state index is 12.3. The topological polar surface area (TPSA) is 59.1 Å². The zero-order valence-corrected chi connectivity index (χ0v) is 12.8. The Balaban J connectivity index is 2.22. The van der Waals surface area contributed by atoms with Crippen molar-refractivity contribution in [3.05, 3.63) is 23.5 Å². The summed E-state index contributed by atoms with van der Waals surface area (Å²) in [6.07, 6.45) is 5.55. The van der Waals surface area contributed by atoms with Gasteiger partial charge >= 0.3 is 0 Å². The van der Waals surface area contributed by atoms with E-state index in [1.165, 1.54) is 18.3 Å². The van der Waals surface area contributed by atoms with Crippen molar-refractivity contribution in [1.82, 2.24) is 9.71 Å². The van der Waals surface area contributed by atoms with E-state index in [0.717, 1.165) is 25.7 Å². The minimum atomic E-state index is -3.53. The molecule has 1 aliphatic carbocycles.